The molecular formula is C18H32N4O2. The van der Waals surface area contributed by atoms with Gasteiger partial charge in [-0.3, -0.25) is 9.98 Å². The third-order valence-corrected chi connectivity index (χ3v) is 3.78. The Morgan fingerprint density at radius 3 is 2.62 bits per heavy atom. The lowest BCUT2D eigenvalue weighted by molar-refractivity contribution is 0.128. The Hall–Kier alpha value is -1.82. The molecule has 24 heavy (non-hydrogen) atoms. The normalized spacial score (nSPS) is 11.7. The van der Waals surface area contributed by atoms with Gasteiger partial charge in [0.1, 0.15) is 5.75 Å². The number of hydrogen-bond donors (Lipinski definition) is 2. The zero-order valence-electron chi connectivity index (χ0n) is 15.9. The van der Waals surface area contributed by atoms with Gasteiger partial charge in [-0.1, -0.05) is 13.8 Å². The van der Waals surface area contributed by atoms with Crippen LogP contribution in [-0.4, -0.2) is 44.9 Å². The molecule has 0 fully saturated rings. The van der Waals surface area contributed by atoms with E-state index in [9.17, 15) is 0 Å². The van der Waals surface area contributed by atoms with Crippen LogP contribution in [0.25, 0.3) is 0 Å². The van der Waals surface area contributed by atoms with Crippen LogP contribution in [0.4, 0.5) is 0 Å². The minimum atomic E-state index is 0.594. The summed E-state index contributed by atoms with van der Waals surface area (Å²) in [5, 5.41) is 6.51. The van der Waals surface area contributed by atoms with E-state index in [1.807, 2.05) is 20.0 Å². The maximum absolute atomic E-state index is 5.59. The largest absolute Gasteiger partial charge is 0.496 e. The summed E-state index contributed by atoms with van der Waals surface area (Å²) in [7, 11) is 3.44. The lowest BCUT2D eigenvalue weighted by Gasteiger charge is -2.15. The van der Waals surface area contributed by atoms with Gasteiger partial charge < -0.3 is 20.1 Å². The average molecular weight is 336 g/mol. The van der Waals surface area contributed by atoms with Crippen LogP contribution < -0.4 is 15.4 Å². The van der Waals surface area contributed by atoms with E-state index in [1.54, 1.807) is 14.2 Å². The Morgan fingerprint density at radius 2 is 2.00 bits per heavy atom. The summed E-state index contributed by atoms with van der Waals surface area (Å²) < 4.78 is 11.0. The highest BCUT2D eigenvalue weighted by atomic mass is 16.5. The van der Waals surface area contributed by atoms with Gasteiger partial charge in [0.05, 0.1) is 26.0 Å². The molecule has 6 heteroatoms. The standard InChI is InChI=1S/C18H32N4O2/c1-13(2)7-9-24-10-8-20-18(19-5)22-12-16-15(4)17(23-6)14(3)11-21-16/h11,13H,7-10,12H2,1-6H3,(H2,19,20,22). The van der Waals surface area contributed by atoms with Gasteiger partial charge in [0.2, 0.25) is 0 Å². The van der Waals surface area contributed by atoms with E-state index in [1.165, 1.54) is 0 Å². The van der Waals surface area contributed by atoms with Crippen molar-refractivity contribution in [3.8, 4) is 5.75 Å². The maximum Gasteiger partial charge on any atom is 0.191 e. The molecule has 136 valence electrons. The van der Waals surface area contributed by atoms with E-state index in [4.69, 9.17) is 9.47 Å². The molecule has 0 amide bonds. The van der Waals surface area contributed by atoms with E-state index >= 15 is 0 Å². The lowest BCUT2D eigenvalue weighted by Crippen LogP contribution is -2.38. The summed E-state index contributed by atoms with van der Waals surface area (Å²) in [5.74, 6) is 2.31. The van der Waals surface area contributed by atoms with Crippen molar-refractivity contribution in [3.05, 3.63) is 23.0 Å². The van der Waals surface area contributed by atoms with Crippen LogP contribution in [0.3, 0.4) is 0 Å². The molecule has 0 radical (unpaired) electrons. The summed E-state index contributed by atoms with van der Waals surface area (Å²) >= 11 is 0. The number of aliphatic imine (C=N–C) groups is 1. The predicted octanol–water partition coefficient (Wildman–Crippen LogP) is 2.43. The molecule has 0 aromatic carbocycles. The lowest BCUT2D eigenvalue weighted by atomic mass is 10.1. The molecule has 0 unspecified atom stereocenters. The van der Waals surface area contributed by atoms with Crippen LogP contribution in [-0.2, 0) is 11.3 Å². The maximum atomic E-state index is 5.59. The Labute approximate surface area is 146 Å². The number of pyridine rings is 1. The minimum absolute atomic E-state index is 0.594. The second kappa shape index (κ2) is 10.9. The number of aromatic nitrogens is 1. The molecule has 1 aromatic rings. The molecule has 0 aliphatic heterocycles. The van der Waals surface area contributed by atoms with Gasteiger partial charge in [-0.15, -0.1) is 0 Å². The molecule has 0 bridgehead atoms. The van der Waals surface area contributed by atoms with E-state index in [-0.39, 0.29) is 0 Å². The van der Waals surface area contributed by atoms with Crippen molar-refractivity contribution in [3.63, 3.8) is 0 Å². The summed E-state index contributed by atoms with van der Waals surface area (Å²) in [6.45, 7) is 11.2. The fourth-order valence-corrected chi connectivity index (χ4v) is 2.30. The van der Waals surface area contributed by atoms with Crippen LogP contribution in [0, 0.1) is 19.8 Å². The Kier molecular flexibility index (Phi) is 9.15. The summed E-state index contributed by atoms with van der Waals surface area (Å²) in [6, 6.07) is 0. The monoisotopic (exact) mass is 336 g/mol. The van der Waals surface area contributed by atoms with Crippen LogP contribution in [0.1, 0.15) is 37.1 Å². The van der Waals surface area contributed by atoms with E-state index < -0.39 is 0 Å². The number of guanidine groups is 1. The van der Waals surface area contributed by atoms with Crippen LogP contribution in [0.5, 0.6) is 5.75 Å². The molecule has 6 nitrogen and oxygen atoms in total. The summed E-state index contributed by atoms with van der Waals surface area (Å²) in [6.07, 6.45) is 2.93. The number of ether oxygens (including phenoxy) is 2. The highest BCUT2D eigenvalue weighted by Gasteiger charge is 2.09. The van der Waals surface area contributed by atoms with Gasteiger partial charge in [-0.25, -0.2) is 0 Å². The van der Waals surface area contributed by atoms with Gasteiger partial charge in [0.15, 0.2) is 5.96 Å². The van der Waals surface area contributed by atoms with Crippen LogP contribution in [0.15, 0.2) is 11.2 Å². The average Bonchev–Trinajstić information content (AvgIpc) is 2.55. The van der Waals surface area contributed by atoms with Gasteiger partial charge in [0.25, 0.3) is 0 Å². The van der Waals surface area contributed by atoms with Crippen molar-refractivity contribution < 1.29 is 9.47 Å². The van der Waals surface area contributed by atoms with Gasteiger partial charge in [-0.2, -0.15) is 0 Å². The SMILES string of the molecule is CN=C(NCCOCCC(C)C)NCc1ncc(C)c(OC)c1C. The predicted molar refractivity (Wildman–Crippen MR) is 98.7 cm³/mol. The fraction of sp³-hybridized carbons (Fsp3) is 0.667. The molecular weight excluding hydrogens is 304 g/mol. The summed E-state index contributed by atoms with van der Waals surface area (Å²) in [4.78, 5) is 8.70. The zero-order chi connectivity index (χ0) is 17.9. The van der Waals surface area contributed by atoms with Gasteiger partial charge in [0, 0.05) is 37.5 Å². The number of methoxy groups -OCH3 is 1. The quantitative estimate of drug-likeness (QED) is 0.412. The first-order chi connectivity index (χ1) is 11.5. The van der Waals surface area contributed by atoms with E-state index in [0.29, 0.717) is 19.1 Å². The first kappa shape index (κ1) is 20.2. The van der Waals surface area contributed by atoms with E-state index in [0.717, 1.165) is 48.1 Å². The molecule has 0 aliphatic carbocycles. The molecule has 2 N–H and O–H groups in total. The molecule has 1 rings (SSSR count). The highest BCUT2D eigenvalue weighted by Crippen LogP contribution is 2.23. The number of hydrogen-bond acceptors (Lipinski definition) is 4. The molecule has 1 heterocycles. The summed E-state index contributed by atoms with van der Waals surface area (Å²) in [5.41, 5.74) is 3.05. The molecule has 0 aliphatic rings. The number of rotatable bonds is 9. The van der Waals surface area contributed by atoms with Crippen molar-refractivity contribution in [2.45, 2.75) is 40.7 Å². The molecule has 1 aromatic heterocycles. The van der Waals surface area contributed by atoms with Crippen molar-refractivity contribution >= 4 is 5.96 Å². The molecule has 0 saturated carbocycles. The van der Waals surface area contributed by atoms with Gasteiger partial charge >= 0.3 is 0 Å². The number of nitrogens with one attached hydrogen (secondary N) is 2. The Bertz CT molecular complexity index is 530. The van der Waals surface area contributed by atoms with Crippen LogP contribution in [0.2, 0.25) is 0 Å². The van der Waals surface area contributed by atoms with Crippen molar-refractivity contribution in [2.75, 3.05) is 33.9 Å². The topological polar surface area (TPSA) is 67.8 Å². The third-order valence-electron chi connectivity index (χ3n) is 3.78. The van der Waals surface area contributed by atoms with Crippen molar-refractivity contribution in [1.82, 2.24) is 15.6 Å². The van der Waals surface area contributed by atoms with E-state index in [2.05, 4.69) is 34.5 Å². The third kappa shape index (κ3) is 6.74. The molecule has 0 spiro atoms. The first-order valence-electron chi connectivity index (χ1n) is 8.50. The van der Waals surface area contributed by atoms with Crippen molar-refractivity contribution in [1.29, 1.82) is 0 Å². The Balaban J connectivity index is 2.39. The zero-order valence-corrected chi connectivity index (χ0v) is 15.9. The minimum Gasteiger partial charge on any atom is -0.496 e. The first-order valence-corrected chi connectivity index (χ1v) is 8.50. The highest BCUT2D eigenvalue weighted by molar-refractivity contribution is 5.79. The Morgan fingerprint density at radius 1 is 1.25 bits per heavy atom. The fourth-order valence-electron chi connectivity index (χ4n) is 2.30. The smallest absolute Gasteiger partial charge is 0.191 e. The van der Waals surface area contributed by atoms with Gasteiger partial charge in [-0.05, 0) is 26.2 Å². The van der Waals surface area contributed by atoms with Crippen molar-refractivity contribution in [2.24, 2.45) is 10.9 Å². The molecule has 0 saturated heterocycles. The second-order valence-corrected chi connectivity index (χ2v) is 6.19. The molecule has 0 atom stereocenters. The number of nitrogens with zero attached hydrogens (tertiary/aromatic N) is 2. The number of aryl methyl sites for hydroxylation is 1. The second-order valence-electron chi connectivity index (χ2n) is 6.19. The van der Waals surface area contributed by atoms with Crippen LogP contribution >= 0.6 is 0 Å².